The van der Waals surface area contributed by atoms with Crippen molar-refractivity contribution in [1.29, 1.82) is 0 Å². The van der Waals surface area contributed by atoms with Gasteiger partial charge in [-0.15, -0.1) is 0 Å². The molecule has 1 aromatic rings. The van der Waals surface area contributed by atoms with E-state index in [0.717, 1.165) is 6.42 Å². The molecule has 17 heavy (non-hydrogen) atoms. The first-order valence-corrected chi connectivity index (χ1v) is 5.59. The minimum atomic E-state index is -0.441. The first-order valence-electron chi connectivity index (χ1n) is 5.59. The third kappa shape index (κ3) is 3.27. The Hall–Kier alpha value is -1.91. The summed E-state index contributed by atoms with van der Waals surface area (Å²) in [7, 11) is 0. The van der Waals surface area contributed by atoms with Gasteiger partial charge in [0.05, 0.1) is 12.2 Å². The van der Waals surface area contributed by atoms with E-state index in [0.29, 0.717) is 18.7 Å². The number of amides is 1. The molecule has 2 rings (SSSR count). The zero-order chi connectivity index (χ0) is 12.1. The number of rotatable bonds is 2. The van der Waals surface area contributed by atoms with E-state index in [1.807, 2.05) is 6.07 Å². The van der Waals surface area contributed by atoms with E-state index in [-0.39, 0.29) is 18.9 Å². The topological polar surface area (TPSA) is 59.5 Å². The molecule has 1 amide bonds. The van der Waals surface area contributed by atoms with E-state index in [2.05, 4.69) is 4.98 Å². The lowest BCUT2D eigenvalue weighted by Crippen LogP contribution is -2.40. The lowest BCUT2D eigenvalue weighted by molar-refractivity contribution is -0.121. The molecule has 0 spiro atoms. The van der Waals surface area contributed by atoms with E-state index < -0.39 is 6.09 Å². The number of carbonyl (C=O) groups excluding carboxylic acids is 2. The van der Waals surface area contributed by atoms with Crippen LogP contribution in [0.2, 0.25) is 0 Å². The van der Waals surface area contributed by atoms with Gasteiger partial charge in [0.1, 0.15) is 6.61 Å². The highest BCUT2D eigenvalue weighted by atomic mass is 16.6. The molecule has 1 fully saturated rings. The highest BCUT2D eigenvalue weighted by Crippen LogP contribution is 2.08. The zero-order valence-corrected chi connectivity index (χ0v) is 9.46. The molecule has 0 radical (unpaired) electrons. The summed E-state index contributed by atoms with van der Waals surface area (Å²) in [6.07, 6.45) is 2.48. The molecule has 0 N–H and O–H groups in total. The second kappa shape index (κ2) is 5.43. The fourth-order valence-corrected chi connectivity index (χ4v) is 1.70. The van der Waals surface area contributed by atoms with Crippen LogP contribution >= 0.6 is 0 Å². The third-order valence-electron chi connectivity index (χ3n) is 2.58. The maximum absolute atomic E-state index is 11.6. The van der Waals surface area contributed by atoms with Crippen molar-refractivity contribution in [3.05, 3.63) is 30.1 Å². The molecule has 1 aliphatic heterocycles. The standard InChI is InChI=1S/C12H14N2O3/c15-11-5-3-7-14(8-11)12(16)17-9-10-4-1-2-6-13-10/h1-2,4,6H,3,5,7-9H2. The van der Waals surface area contributed by atoms with Gasteiger partial charge in [-0.05, 0) is 18.6 Å². The van der Waals surface area contributed by atoms with Gasteiger partial charge < -0.3 is 9.64 Å². The normalized spacial score (nSPS) is 15.8. The lowest BCUT2D eigenvalue weighted by atomic mass is 10.1. The average molecular weight is 234 g/mol. The Kier molecular flexibility index (Phi) is 3.69. The molecule has 0 aliphatic carbocycles. The molecule has 5 nitrogen and oxygen atoms in total. The van der Waals surface area contributed by atoms with Crippen molar-refractivity contribution in [1.82, 2.24) is 9.88 Å². The van der Waals surface area contributed by atoms with Gasteiger partial charge in [0.25, 0.3) is 0 Å². The molecule has 1 saturated heterocycles. The van der Waals surface area contributed by atoms with E-state index in [1.54, 1.807) is 18.3 Å². The van der Waals surface area contributed by atoms with Crippen molar-refractivity contribution in [2.24, 2.45) is 0 Å². The number of ketones is 1. The van der Waals surface area contributed by atoms with Crippen molar-refractivity contribution in [2.45, 2.75) is 19.4 Å². The van der Waals surface area contributed by atoms with Crippen molar-refractivity contribution in [3.8, 4) is 0 Å². The van der Waals surface area contributed by atoms with Gasteiger partial charge in [-0.1, -0.05) is 6.07 Å². The Labute approximate surface area is 99.4 Å². The molecule has 2 heterocycles. The van der Waals surface area contributed by atoms with E-state index in [9.17, 15) is 9.59 Å². The highest BCUT2D eigenvalue weighted by Gasteiger charge is 2.22. The van der Waals surface area contributed by atoms with Crippen LogP contribution in [0, 0.1) is 0 Å². The minimum absolute atomic E-state index is 0.0889. The fraction of sp³-hybridized carbons (Fsp3) is 0.417. The second-order valence-electron chi connectivity index (χ2n) is 3.94. The summed E-state index contributed by atoms with van der Waals surface area (Å²) < 4.78 is 5.09. The summed E-state index contributed by atoms with van der Waals surface area (Å²) in [5.74, 6) is 0.0889. The molecule has 0 saturated carbocycles. The van der Waals surface area contributed by atoms with Gasteiger partial charge >= 0.3 is 6.09 Å². The SMILES string of the molecule is O=C1CCCN(C(=O)OCc2ccccn2)C1. The number of pyridine rings is 1. The third-order valence-corrected chi connectivity index (χ3v) is 2.58. The lowest BCUT2D eigenvalue weighted by Gasteiger charge is -2.24. The van der Waals surface area contributed by atoms with Crippen LogP contribution in [0.5, 0.6) is 0 Å². The summed E-state index contributed by atoms with van der Waals surface area (Å²) in [4.78, 5) is 28.3. The molecule has 0 bridgehead atoms. The van der Waals surface area contributed by atoms with Crippen LogP contribution in [-0.2, 0) is 16.1 Å². The number of hydrogen-bond acceptors (Lipinski definition) is 4. The largest absolute Gasteiger partial charge is 0.443 e. The van der Waals surface area contributed by atoms with Crippen molar-refractivity contribution in [3.63, 3.8) is 0 Å². The van der Waals surface area contributed by atoms with Crippen LogP contribution in [0.4, 0.5) is 4.79 Å². The molecule has 5 heteroatoms. The van der Waals surface area contributed by atoms with Gasteiger partial charge in [0, 0.05) is 19.2 Å². The number of carbonyl (C=O) groups is 2. The summed E-state index contributed by atoms with van der Waals surface area (Å²) in [6.45, 7) is 0.901. The number of hydrogen-bond donors (Lipinski definition) is 0. The van der Waals surface area contributed by atoms with Gasteiger partial charge in [-0.3, -0.25) is 9.78 Å². The Morgan fingerprint density at radius 2 is 2.35 bits per heavy atom. The van der Waals surface area contributed by atoms with Crippen molar-refractivity contribution in [2.75, 3.05) is 13.1 Å². The van der Waals surface area contributed by atoms with Crippen LogP contribution in [0.3, 0.4) is 0 Å². The van der Waals surface area contributed by atoms with E-state index in [4.69, 9.17) is 4.74 Å². The Balaban J connectivity index is 1.83. The summed E-state index contributed by atoms with van der Waals surface area (Å²) in [5, 5.41) is 0. The maximum atomic E-state index is 11.6. The summed E-state index contributed by atoms with van der Waals surface area (Å²) >= 11 is 0. The fourth-order valence-electron chi connectivity index (χ4n) is 1.70. The van der Waals surface area contributed by atoms with Gasteiger partial charge in [0.2, 0.25) is 0 Å². The summed E-state index contributed by atoms with van der Waals surface area (Å²) in [6, 6.07) is 5.42. The van der Waals surface area contributed by atoms with Gasteiger partial charge in [-0.25, -0.2) is 4.79 Å². The van der Waals surface area contributed by atoms with Gasteiger partial charge in [0.15, 0.2) is 5.78 Å². The smallest absolute Gasteiger partial charge is 0.410 e. The van der Waals surface area contributed by atoms with Crippen LogP contribution < -0.4 is 0 Å². The summed E-state index contributed by atoms with van der Waals surface area (Å²) in [5.41, 5.74) is 0.698. The molecule has 0 unspecified atom stereocenters. The quantitative estimate of drug-likeness (QED) is 0.775. The molecular weight excluding hydrogens is 220 g/mol. The Bertz CT molecular complexity index is 405. The number of likely N-dealkylation sites (tertiary alicyclic amines) is 1. The molecular formula is C12H14N2O3. The minimum Gasteiger partial charge on any atom is -0.443 e. The number of piperidine rings is 1. The number of nitrogens with zero attached hydrogens (tertiary/aromatic N) is 2. The van der Waals surface area contributed by atoms with Crippen LogP contribution in [-0.4, -0.2) is 34.8 Å². The Morgan fingerprint density at radius 3 is 3.06 bits per heavy atom. The maximum Gasteiger partial charge on any atom is 0.410 e. The van der Waals surface area contributed by atoms with Crippen LogP contribution in [0.15, 0.2) is 24.4 Å². The van der Waals surface area contributed by atoms with Gasteiger partial charge in [-0.2, -0.15) is 0 Å². The van der Waals surface area contributed by atoms with E-state index >= 15 is 0 Å². The van der Waals surface area contributed by atoms with Crippen molar-refractivity contribution < 1.29 is 14.3 Å². The van der Waals surface area contributed by atoms with E-state index in [1.165, 1.54) is 4.90 Å². The molecule has 90 valence electrons. The first kappa shape index (κ1) is 11.6. The molecule has 1 aliphatic rings. The average Bonchev–Trinajstić information content (AvgIpc) is 2.37. The molecule has 0 atom stereocenters. The first-order chi connectivity index (χ1) is 8.25. The monoisotopic (exact) mass is 234 g/mol. The zero-order valence-electron chi connectivity index (χ0n) is 9.46. The highest BCUT2D eigenvalue weighted by molar-refractivity contribution is 5.85. The predicted molar refractivity (Wildman–Crippen MR) is 60.2 cm³/mol. The number of ether oxygens (including phenoxy) is 1. The van der Waals surface area contributed by atoms with Crippen LogP contribution in [0.1, 0.15) is 18.5 Å². The van der Waals surface area contributed by atoms with Crippen LogP contribution in [0.25, 0.3) is 0 Å². The van der Waals surface area contributed by atoms with Crippen molar-refractivity contribution >= 4 is 11.9 Å². The number of Topliss-reactive ketones (excluding diaryl/α,β-unsaturated/α-hetero) is 1. The Morgan fingerprint density at radius 1 is 1.47 bits per heavy atom. The molecule has 1 aromatic heterocycles. The number of aromatic nitrogens is 1. The predicted octanol–water partition coefficient (Wildman–Crippen LogP) is 1.38. The second-order valence-corrected chi connectivity index (χ2v) is 3.94. The molecule has 0 aromatic carbocycles.